The van der Waals surface area contributed by atoms with Gasteiger partial charge in [0.2, 0.25) is 11.8 Å². The highest BCUT2D eigenvalue weighted by atomic mass is 16.4. The van der Waals surface area contributed by atoms with Crippen molar-refractivity contribution >= 4 is 17.8 Å². The Morgan fingerprint density at radius 3 is 2.78 bits per heavy atom. The number of benzene rings is 1. The molecular formula is C15H14N4O4. The summed E-state index contributed by atoms with van der Waals surface area (Å²) in [4.78, 5) is 38.2. The smallest absolute Gasteiger partial charge is 0.343 e. The second-order valence-corrected chi connectivity index (χ2v) is 4.96. The standard InChI is InChI=1S/C15H14N4O4/c20-12(18-19-9-13(21)17-15(19)22)6-7-14-16-8-11(23-14)10-4-2-1-3-5-10/h1-5,8H,6-7,9H2,(H,18,20)(H,17,21,22). The van der Waals surface area contributed by atoms with Gasteiger partial charge >= 0.3 is 6.03 Å². The normalized spacial score (nSPS) is 14.0. The third kappa shape index (κ3) is 3.54. The molecule has 0 saturated carbocycles. The zero-order valence-electron chi connectivity index (χ0n) is 12.1. The van der Waals surface area contributed by atoms with Gasteiger partial charge in [-0.05, 0) is 0 Å². The average molecular weight is 314 g/mol. The molecule has 1 aliphatic heterocycles. The van der Waals surface area contributed by atoms with E-state index >= 15 is 0 Å². The number of nitrogens with one attached hydrogen (secondary N) is 2. The van der Waals surface area contributed by atoms with Crippen LogP contribution < -0.4 is 10.7 Å². The molecule has 2 N–H and O–H groups in total. The highest BCUT2D eigenvalue weighted by Crippen LogP contribution is 2.20. The second kappa shape index (κ2) is 6.30. The fraction of sp³-hybridized carbons (Fsp3) is 0.200. The molecule has 0 atom stereocenters. The van der Waals surface area contributed by atoms with E-state index in [0.717, 1.165) is 10.6 Å². The lowest BCUT2D eigenvalue weighted by Gasteiger charge is -2.13. The number of hydrogen-bond donors (Lipinski definition) is 2. The van der Waals surface area contributed by atoms with Crippen molar-refractivity contribution in [2.24, 2.45) is 0 Å². The SMILES string of the molecule is O=C1CN(NC(=O)CCc2ncc(-c3ccccc3)o2)C(=O)N1. The lowest BCUT2D eigenvalue weighted by atomic mass is 10.2. The Hall–Kier alpha value is -3.16. The van der Waals surface area contributed by atoms with E-state index in [1.807, 2.05) is 30.3 Å². The van der Waals surface area contributed by atoms with Gasteiger partial charge in [0.25, 0.3) is 0 Å². The zero-order chi connectivity index (χ0) is 16.2. The first-order valence-corrected chi connectivity index (χ1v) is 7.03. The molecule has 2 heterocycles. The van der Waals surface area contributed by atoms with Gasteiger partial charge < -0.3 is 4.42 Å². The van der Waals surface area contributed by atoms with Crippen LogP contribution in [0.1, 0.15) is 12.3 Å². The van der Waals surface area contributed by atoms with E-state index < -0.39 is 17.8 Å². The topological polar surface area (TPSA) is 105 Å². The summed E-state index contributed by atoms with van der Waals surface area (Å²) < 4.78 is 5.59. The van der Waals surface area contributed by atoms with Crippen LogP contribution in [-0.4, -0.2) is 34.4 Å². The maximum atomic E-state index is 11.8. The number of hydrogen-bond acceptors (Lipinski definition) is 5. The predicted octanol–water partition coefficient (Wildman–Crippen LogP) is 0.857. The van der Waals surface area contributed by atoms with Crippen LogP contribution in [0.15, 0.2) is 40.9 Å². The Kier molecular flexibility index (Phi) is 4.05. The Bertz CT molecular complexity index is 741. The molecule has 1 fully saturated rings. The predicted molar refractivity (Wildman–Crippen MR) is 78.6 cm³/mol. The lowest BCUT2D eigenvalue weighted by molar-refractivity contribution is -0.125. The van der Waals surface area contributed by atoms with Crippen molar-refractivity contribution in [2.75, 3.05) is 6.54 Å². The van der Waals surface area contributed by atoms with Crippen LogP contribution in [0.25, 0.3) is 11.3 Å². The number of aryl methyl sites for hydroxylation is 1. The molecule has 23 heavy (non-hydrogen) atoms. The maximum absolute atomic E-state index is 11.8. The molecule has 0 spiro atoms. The van der Waals surface area contributed by atoms with Gasteiger partial charge in [0.15, 0.2) is 11.7 Å². The van der Waals surface area contributed by atoms with Crippen LogP contribution >= 0.6 is 0 Å². The second-order valence-electron chi connectivity index (χ2n) is 4.96. The van der Waals surface area contributed by atoms with E-state index in [-0.39, 0.29) is 13.0 Å². The Labute approximate surface area is 131 Å². The number of carbonyl (C=O) groups excluding carboxylic acids is 3. The van der Waals surface area contributed by atoms with Crippen LogP contribution in [0, 0.1) is 0 Å². The summed E-state index contributed by atoms with van der Waals surface area (Å²) in [6.45, 7) is -0.179. The molecule has 1 aliphatic rings. The largest absolute Gasteiger partial charge is 0.441 e. The van der Waals surface area contributed by atoms with E-state index in [0.29, 0.717) is 18.1 Å². The van der Waals surface area contributed by atoms with Gasteiger partial charge in [-0.3, -0.25) is 20.3 Å². The minimum atomic E-state index is -0.633. The quantitative estimate of drug-likeness (QED) is 0.796. The molecule has 1 aromatic carbocycles. The molecule has 0 unspecified atom stereocenters. The minimum absolute atomic E-state index is 0.0900. The van der Waals surface area contributed by atoms with Gasteiger partial charge in [0.05, 0.1) is 6.20 Å². The number of oxazole rings is 1. The molecule has 1 saturated heterocycles. The van der Waals surface area contributed by atoms with Crippen molar-refractivity contribution in [1.82, 2.24) is 20.7 Å². The Morgan fingerprint density at radius 2 is 2.09 bits per heavy atom. The minimum Gasteiger partial charge on any atom is -0.441 e. The molecule has 0 aliphatic carbocycles. The third-order valence-corrected chi connectivity index (χ3v) is 3.23. The molecule has 4 amide bonds. The summed E-state index contributed by atoms with van der Waals surface area (Å²) in [6, 6.07) is 8.87. The van der Waals surface area contributed by atoms with E-state index in [4.69, 9.17) is 4.42 Å². The van der Waals surface area contributed by atoms with Crippen LogP contribution in [0.2, 0.25) is 0 Å². The summed E-state index contributed by atoms with van der Waals surface area (Å²) >= 11 is 0. The summed E-state index contributed by atoms with van der Waals surface area (Å²) in [7, 11) is 0. The van der Waals surface area contributed by atoms with Crippen molar-refractivity contribution < 1.29 is 18.8 Å². The lowest BCUT2D eigenvalue weighted by Crippen LogP contribution is -2.44. The van der Waals surface area contributed by atoms with E-state index in [1.165, 1.54) is 0 Å². The number of aromatic nitrogens is 1. The van der Waals surface area contributed by atoms with Gasteiger partial charge in [0, 0.05) is 18.4 Å². The zero-order valence-corrected chi connectivity index (χ0v) is 12.1. The third-order valence-electron chi connectivity index (χ3n) is 3.23. The molecule has 8 heteroatoms. The number of urea groups is 1. The van der Waals surface area contributed by atoms with Crippen molar-refractivity contribution in [3.63, 3.8) is 0 Å². The van der Waals surface area contributed by atoms with Crippen LogP contribution in [0.3, 0.4) is 0 Å². The van der Waals surface area contributed by atoms with Gasteiger partial charge in [-0.25, -0.2) is 14.8 Å². The van der Waals surface area contributed by atoms with Gasteiger partial charge in [-0.1, -0.05) is 30.3 Å². The summed E-state index contributed by atoms with van der Waals surface area (Å²) in [5.74, 6) is 0.219. The Balaban J connectivity index is 1.53. The number of imide groups is 1. The Morgan fingerprint density at radius 1 is 1.30 bits per heavy atom. The summed E-state index contributed by atoms with van der Waals surface area (Å²) in [6.07, 6.45) is 1.99. The van der Waals surface area contributed by atoms with E-state index in [2.05, 4.69) is 15.7 Å². The number of hydrazine groups is 1. The van der Waals surface area contributed by atoms with Gasteiger partial charge in [-0.15, -0.1) is 0 Å². The molecule has 8 nitrogen and oxygen atoms in total. The maximum Gasteiger partial charge on any atom is 0.343 e. The first-order valence-electron chi connectivity index (χ1n) is 7.03. The van der Waals surface area contributed by atoms with E-state index in [1.54, 1.807) is 6.20 Å². The molecule has 1 aromatic heterocycles. The van der Waals surface area contributed by atoms with Gasteiger partial charge in [0.1, 0.15) is 6.54 Å². The average Bonchev–Trinajstić information content (AvgIpc) is 3.13. The van der Waals surface area contributed by atoms with Gasteiger partial charge in [-0.2, -0.15) is 0 Å². The highest BCUT2D eigenvalue weighted by Gasteiger charge is 2.28. The van der Waals surface area contributed by atoms with Crippen molar-refractivity contribution in [1.29, 1.82) is 0 Å². The number of carbonyl (C=O) groups is 3. The first-order chi connectivity index (χ1) is 11.1. The fourth-order valence-electron chi connectivity index (χ4n) is 2.12. The highest BCUT2D eigenvalue weighted by molar-refractivity contribution is 6.02. The van der Waals surface area contributed by atoms with Crippen molar-refractivity contribution in [3.05, 3.63) is 42.4 Å². The molecule has 0 radical (unpaired) electrons. The molecule has 118 valence electrons. The van der Waals surface area contributed by atoms with Crippen molar-refractivity contribution in [2.45, 2.75) is 12.8 Å². The monoisotopic (exact) mass is 314 g/mol. The molecule has 3 rings (SSSR count). The van der Waals surface area contributed by atoms with Crippen molar-refractivity contribution in [3.8, 4) is 11.3 Å². The van der Waals surface area contributed by atoms with E-state index in [9.17, 15) is 14.4 Å². The molecule has 2 aromatic rings. The first kappa shape index (κ1) is 14.8. The molecular weight excluding hydrogens is 300 g/mol. The summed E-state index contributed by atoms with van der Waals surface area (Å²) in [5, 5.41) is 3.01. The fourth-order valence-corrected chi connectivity index (χ4v) is 2.12. The summed E-state index contributed by atoms with van der Waals surface area (Å²) in [5.41, 5.74) is 3.27. The van der Waals surface area contributed by atoms with Crippen LogP contribution in [0.5, 0.6) is 0 Å². The number of amides is 4. The van der Waals surface area contributed by atoms with Crippen LogP contribution in [-0.2, 0) is 16.0 Å². The number of rotatable bonds is 5. The van der Waals surface area contributed by atoms with Crippen LogP contribution in [0.4, 0.5) is 4.79 Å². The molecule has 0 bridgehead atoms. The number of nitrogens with zero attached hydrogens (tertiary/aromatic N) is 2.